The Hall–Kier alpha value is -1.07. The van der Waals surface area contributed by atoms with Crippen LogP contribution in [0, 0.1) is 0 Å². The lowest BCUT2D eigenvalue weighted by molar-refractivity contribution is -0.142. The molecule has 0 heterocycles. The molecule has 5 heteroatoms. The van der Waals surface area contributed by atoms with E-state index in [9.17, 15) is 4.79 Å². The van der Waals surface area contributed by atoms with Gasteiger partial charge in [-0.25, -0.2) is 0 Å². The van der Waals surface area contributed by atoms with Gasteiger partial charge in [-0.2, -0.15) is 0 Å². The van der Waals surface area contributed by atoms with Gasteiger partial charge >= 0.3 is 5.97 Å². The van der Waals surface area contributed by atoms with Gasteiger partial charge in [0, 0.05) is 10.2 Å². The second kappa shape index (κ2) is 5.72. The maximum Gasteiger partial charge on any atom is 0.310 e. The molecule has 0 radical (unpaired) electrons. The minimum atomic E-state index is -0.243. The van der Waals surface area contributed by atoms with Gasteiger partial charge in [-0.1, -0.05) is 15.9 Å². The Bertz CT molecular complexity index is 355. The smallest absolute Gasteiger partial charge is 0.310 e. The summed E-state index contributed by atoms with van der Waals surface area (Å²) in [6, 6.07) is 5.46. The van der Waals surface area contributed by atoms with Crippen molar-refractivity contribution in [2.75, 3.05) is 12.0 Å². The van der Waals surface area contributed by atoms with Crippen molar-refractivity contribution < 1.29 is 9.53 Å². The molecule has 15 heavy (non-hydrogen) atoms. The molecule has 0 fully saturated rings. The highest BCUT2D eigenvalue weighted by molar-refractivity contribution is 9.10. The van der Waals surface area contributed by atoms with Crippen LogP contribution in [0.4, 0.5) is 5.69 Å². The Morgan fingerprint density at radius 1 is 1.60 bits per heavy atom. The summed E-state index contributed by atoms with van der Waals surface area (Å²) in [6.45, 7) is 2.18. The molecule has 0 amide bonds. The normalized spacial score (nSPS) is 9.80. The molecule has 0 saturated heterocycles. The van der Waals surface area contributed by atoms with Crippen molar-refractivity contribution in [1.82, 2.24) is 0 Å². The minimum absolute atomic E-state index is 0.240. The van der Waals surface area contributed by atoms with E-state index in [1.54, 1.807) is 13.0 Å². The number of carbonyl (C=O) groups excluding carboxylic acids is 1. The fraction of sp³-hybridized carbons (Fsp3) is 0.300. The van der Waals surface area contributed by atoms with E-state index >= 15 is 0 Å². The number of nitrogens with one attached hydrogen (secondary N) is 1. The first-order valence-electron chi connectivity index (χ1n) is 4.58. The Morgan fingerprint density at radius 2 is 2.33 bits per heavy atom. The number of hydrogen-bond donors (Lipinski definition) is 2. The van der Waals surface area contributed by atoms with Crippen molar-refractivity contribution in [2.24, 2.45) is 5.84 Å². The van der Waals surface area contributed by atoms with E-state index in [0.29, 0.717) is 6.61 Å². The predicted molar refractivity (Wildman–Crippen MR) is 62.3 cm³/mol. The molecule has 1 rings (SSSR count). The average molecular weight is 273 g/mol. The van der Waals surface area contributed by atoms with Gasteiger partial charge in [0.05, 0.1) is 13.0 Å². The number of esters is 1. The van der Waals surface area contributed by atoms with Gasteiger partial charge in [-0.15, -0.1) is 0 Å². The molecular formula is C10H13BrN2O2. The molecule has 0 unspecified atom stereocenters. The van der Waals surface area contributed by atoms with Crippen LogP contribution in [0.3, 0.4) is 0 Å². The largest absolute Gasteiger partial charge is 0.466 e. The Morgan fingerprint density at radius 3 is 2.93 bits per heavy atom. The number of benzene rings is 1. The van der Waals surface area contributed by atoms with Crippen LogP contribution in [-0.2, 0) is 16.0 Å². The van der Waals surface area contributed by atoms with Crippen molar-refractivity contribution >= 4 is 27.6 Å². The molecule has 4 nitrogen and oxygen atoms in total. The Labute approximate surface area is 96.9 Å². The summed E-state index contributed by atoms with van der Waals surface area (Å²) < 4.78 is 5.73. The van der Waals surface area contributed by atoms with Gasteiger partial charge in [-0.3, -0.25) is 10.6 Å². The molecule has 82 valence electrons. The van der Waals surface area contributed by atoms with Gasteiger partial charge in [0.2, 0.25) is 0 Å². The van der Waals surface area contributed by atoms with Gasteiger partial charge in [0.1, 0.15) is 0 Å². The van der Waals surface area contributed by atoms with Crippen LogP contribution in [0.2, 0.25) is 0 Å². The number of anilines is 1. The van der Waals surface area contributed by atoms with Crippen LogP contribution in [0.5, 0.6) is 0 Å². The molecule has 0 atom stereocenters. The molecule has 0 aliphatic carbocycles. The second-order valence-corrected chi connectivity index (χ2v) is 3.79. The van der Waals surface area contributed by atoms with Crippen LogP contribution in [-0.4, -0.2) is 12.6 Å². The molecule has 1 aromatic carbocycles. The molecule has 0 saturated carbocycles. The minimum Gasteiger partial charge on any atom is -0.466 e. The Balaban J connectivity index is 2.79. The topological polar surface area (TPSA) is 64.3 Å². The van der Waals surface area contributed by atoms with Crippen LogP contribution in [0.15, 0.2) is 22.7 Å². The highest BCUT2D eigenvalue weighted by Crippen LogP contribution is 2.21. The van der Waals surface area contributed by atoms with Crippen LogP contribution in [0.1, 0.15) is 12.5 Å². The first-order chi connectivity index (χ1) is 7.17. The van der Waals surface area contributed by atoms with E-state index in [4.69, 9.17) is 10.6 Å². The van der Waals surface area contributed by atoms with Crippen molar-refractivity contribution in [1.29, 1.82) is 0 Å². The zero-order valence-electron chi connectivity index (χ0n) is 8.42. The van der Waals surface area contributed by atoms with Crippen molar-refractivity contribution in [3.05, 3.63) is 28.2 Å². The lowest BCUT2D eigenvalue weighted by Crippen LogP contribution is -2.10. The monoisotopic (exact) mass is 272 g/mol. The lowest BCUT2D eigenvalue weighted by Gasteiger charge is -2.07. The second-order valence-electron chi connectivity index (χ2n) is 2.93. The van der Waals surface area contributed by atoms with Crippen LogP contribution < -0.4 is 11.3 Å². The molecule has 1 aromatic rings. The fourth-order valence-corrected chi connectivity index (χ4v) is 1.55. The maximum absolute atomic E-state index is 11.3. The van der Waals surface area contributed by atoms with E-state index in [2.05, 4.69) is 21.4 Å². The SMILES string of the molecule is CCOC(=O)Cc1cc(NN)ccc1Br. The molecule has 0 spiro atoms. The maximum atomic E-state index is 11.3. The molecule has 3 N–H and O–H groups in total. The van der Waals surface area contributed by atoms with Crippen molar-refractivity contribution in [3.63, 3.8) is 0 Å². The van der Waals surface area contributed by atoms with E-state index in [1.807, 2.05) is 12.1 Å². The zero-order valence-corrected chi connectivity index (χ0v) is 10.0. The molecular weight excluding hydrogens is 260 g/mol. The van der Waals surface area contributed by atoms with E-state index < -0.39 is 0 Å². The summed E-state index contributed by atoms with van der Waals surface area (Å²) in [5.74, 6) is 5.03. The first kappa shape index (κ1) is 12.0. The summed E-state index contributed by atoms with van der Waals surface area (Å²) >= 11 is 3.36. The van der Waals surface area contributed by atoms with Gasteiger partial charge in [-0.05, 0) is 30.7 Å². The number of nitrogens with two attached hydrogens (primary N) is 1. The van der Waals surface area contributed by atoms with Crippen molar-refractivity contribution in [3.8, 4) is 0 Å². The fourth-order valence-electron chi connectivity index (χ4n) is 1.17. The number of carbonyl (C=O) groups is 1. The zero-order chi connectivity index (χ0) is 11.3. The van der Waals surface area contributed by atoms with Crippen LogP contribution in [0.25, 0.3) is 0 Å². The van der Waals surface area contributed by atoms with Gasteiger partial charge in [0.15, 0.2) is 0 Å². The van der Waals surface area contributed by atoms with Crippen LogP contribution >= 0.6 is 15.9 Å². The Kier molecular flexibility index (Phi) is 4.58. The van der Waals surface area contributed by atoms with Gasteiger partial charge in [0.25, 0.3) is 0 Å². The summed E-state index contributed by atoms with van der Waals surface area (Å²) in [5.41, 5.74) is 4.14. The van der Waals surface area contributed by atoms with Crippen molar-refractivity contribution in [2.45, 2.75) is 13.3 Å². The summed E-state index contributed by atoms with van der Waals surface area (Å²) in [4.78, 5) is 11.3. The highest BCUT2D eigenvalue weighted by atomic mass is 79.9. The first-order valence-corrected chi connectivity index (χ1v) is 5.37. The predicted octanol–water partition coefficient (Wildman–Crippen LogP) is 1.84. The highest BCUT2D eigenvalue weighted by Gasteiger charge is 2.08. The number of ether oxygens (including phenoxy) is 1. The average Bonchev–Trinajstić information content (AvgIpc) is 2.21. The quantitative estimate of drug-likeness (QED) is 0.499. The van der Waals surface area contributed by atoms with Gasteiger partial charge < -0.3 is 10.2 Å². The number of hydrazine groups is 1. The summed E-state index contributed by atoms with van der Waals surface area (Å²) in [6.07, 6.45) is 0.240. The molecule has 0 bridgehead atoms. The summed E-state index contributed by atoms with van der Waals surface area (Å²) in [7, 11) is 0. The number of rotatable bonds is 4. The van der Waals surface area contributed by atoms with E-state index in [1.165, 1.54) is 0 Å². The third-order valence-corrected chi connectivity index (χ3v) is 2.63. The lowest BCUT2D eigenvalue weighted by atomic mass is 10.1. The number of hydrogen-bond acceptors (Lipinski definition) is 4. The molecule has 0 aromatic heterocycles. The molecule has 0 aliphatic heterocycles. The number of halogens is 1. The standard InChI is InChI=1S/C10H13BrN2O2/c1-2-15-10(14)6-7-5-8(13-12)3-4-9(7)11/h3-5,13H,2,6,12H2,1H3. The van der Waals surface area contributed by atoms with E-state index in [-0.39, 0.29) is 12.4 Å². The third-order valence-electron chi connectivity index (χ3n) is 1.85. The third kappa shape index (κ3) is 3.53. The summed E-state index contributed by atoms with van der Waals surface area (Å²) in [5, 5.41) is 0. The molecule has 0 aliphatic rings. The number of nitrogen functional groups attached to an aromatic ring is 1. The van der Waals surface area contributed by atoms with E-state index in [0.717, 1.165) is 15.7 Å².